The fraction of sp³-hybridized carbons (Fsp3) is 0.412. The number of carbonyl (C=O) groups excluding carboxylic acids is 1. The zero-order valence-corrected chi connectivity index (χ0v) is 13.3. The second-order valence-corrected chi connectivity index (χ2v) is 6.07. The summed E-state index contributed by atoms with van der Waals surface area (Å²) < 4.78 is 40.4. The Balaban J connectivity index is 1.79. The molecule has 1 saturated heterocycles. The van der Waals surface area contributed by atoms with Crippen molar-refractivity contribution >= 4 is 5.91 Å². The van der Waals surface area contributed by atoms with Gasteiger partial charge in [0.1, 0.15) is 5.82 Å². The van der Waals surface area contributed by atoms with Crippen LogP contribution in [0.3, 0.4) is 0 Å². The van der Waals surface area contributed by atoms with Gasteiger partial charge in [0.25, 0.3) is 5.91 Å². The van der Waals surface area contributed by atoms with Crippen LogP contribution in [0.15, 0.2) is 36.7 Å². The van der Waals surface area contributed by atoms with E-state index in [4.69, 9.17) is 0 Å². The van der Waals surface area contributed by atoms with Crippen LogP contribution in [0.4, 0.5) is 13.2 Å². The zero-order chi connectivity index (χ0) is 17.3. The quantitative estimate of drug-likeness (QED) is 0.842. The summed E-state index contributed by atoms with van der Waals surface area (Å²) in [5.41, 5.74) is -0.726. The average molecular weight is 337 g/mol. The van der Waals surface area contributed by atoms with Crippen LogP contribution < -0.4 is 0 Å². The molecule has 0 radical (unpaired) electrons. The van der Waals surface area contributed by atoms with E-state index in [0.717, 1.165) is 30.8 Å². The molecule has 1 amide bonds. The standard InChI is InChI=1S/C17H18F3N3O/c1-22-9-7-21-15(22)13-5-3-8-23(11-13)16(24)12-4-2-6-14(10-12)17(18,19)20/h2,4,6-7,9-10,13H,3,5,8,11H2,1H3. The minimum Gasteiger partial charge on any atom is -0.338 e. The summed E-state index contributed by atoms with van der Waals surface area (Å²) in [7, 11) is 1.90. The number of imidazole rings is 1. The van der Waals surface area contributed by atoms with Gasteiger partial charge in [-0.2, -0.15) is 13.2 Å². The number of rotatable bonds is 2. The van der Waals surface area contributed by atoms with Crippen LogP contribution in [0.2, 0.25) is 0 Å². The maximum Gasteiger partial charge on any atom is 0.416 e. The molecule has 0 N–H and O–H groups in total. The summed E-state index contributed by atoms with van der Waals surface area (Å²) in [4.78, 5) is 18.6. The molecule has 1 atom stereocenters. The maximum atomic E-state index is 12.8. The highest BCUT2D eigenvalue weighted by Gasteiger charge is 2.32. The smallest absolute Gasteiger partial charge is 0.338 e. The zero-order valence-electron chi connectivity index (χ0n) is 13.3. The fourth-order valence-corrected chi connectivity index (χ4v) is 3.15. The SMILES string of the molecule is Cn1ccnc1C1CCCN(C(=O)c2cccc(C(F)(F)F)c2)C1. The van der Waals surface area contributed by atoms with Gasteiger partial charge >= 0.3 is 6.18 Å². The Kier molecular flexibility index (Phi) is 4.34. The Morgan fingerprint density at radius 2 is 2.12 bits per heavy atom. The number of halogens is 3. The first-order chi connectivity index (χ1) is 11.4. The van der Waals surface area contributed by atoms with Gasteiger partial charge in [-0.05, 0) is 31.0 Å². The molecule has 0 spiro atoms. The van der Waals surface area contributed by atoms with E-state index >= 15 is 0 Å². The lowest BCUT2D eigenvalue weighted by molar-refractivity contribution is -0.137. The van der Waals surface area contributed by atoms with Crippen LogP contribution in [0.5, 0.6) is 0 Å². The lowest BCUT2D eigenvalue weighted by atomic mass is 9.96. The first kappa shape index (κ1) is 16.5. The van der Waals surface area contributed by atoms with Crippen LogP contribution in [0.25, 0.3) is 0 Å². The Hall–Kier alpha value is -2.31. The van der Waals surface area contributed by atoms with Gasteiger partial charge in [0, 0.05) is 44.0 Å². The van der Waals surface area contributed by atoms with Crippen molar-refractivity contribution in [2.24, 2.45) is 7.05 Å². The van der Waals surface area contributed by atoms with Crippen molar-refractivity contribution < 1.29 is 18.0 Å². The number of hydrogen-bond acceptors (Lipinski definition) is 2. The van der Waals surface area contributed by atoms with Gasteiger partial charge < -0.3 is 9.47 Å². The van der Waals surface area contributed by atoms with Gasteiger partial charge in [0.05, 0.1) is 5.56 Å². The van der Waals surface area contributed by atoms with E-state index in [1.165, 1.54) is 12.1 Å². The fourth-order valence-electron chi connectivity index (χ4n) is 3.15. The maximum absolute atomic E-state index is 12.8. The minimum absolute atomic E-state index is 0.0744. The van der Waals surface area contributed by atoms with E-state index in [-0.39, 0.29) is 17.4 Å². The van der Waals surface area contributed by atoms with E-state index < -0.39 is 11.7 Å². The first-order valence-corrected chi connectivity index (χ1v) is 7.80. The molecule has 0 saturated carbocycles. The van der Waals surface area contributed by atoms with Crippen LogP contribution >= 0.6 is 0 Å². The van der Waals surface area contributed by atoms with Gasteiger partial charge in [-0.25, -0.2) is 4.98 Å². The summed E-state index contributed by atoms with van der Waals surface area (Å²) in [6.07, 6.45) is 0.832. The Bertz CT molecular complexity index is 739. The van der Waals surface area contributed by atoms with E-state index in [1.54, 1.807) is 11.1 Å². The largest absolute Gasteiger partial charge is 0.416 e. The molecular weight excluding hydrogens is 319 g/mol. The number of nitrogens with zero attached hydrogens (tertiary/aromatic N) is 3. The second kappa shape index (κ2) is 6.30. The van der Waals surface area contributed by atoms with Gasteiger partial charge in [0.2, 0.25) is 0 Å². The number of amides is 1. The highest BCUT2D eigenvalue weighted by atomic mass is 19.4. The Morgan fingerprint density at radius 3 is 2.79 bits per heavy atom. The minimum atomic E-state index is -4.45. The van der Waals surface area contributed by atoms with Gasteiger partial charge in [-0.3, -0.25) is 4.79 Å². The number of carbonyl (C=O) groups is 1. The summed E-state index contributed by atoms with van der Waals surface area (Å²) in [6.45, 7) is 1.02. The molecule has 1 aromatic carbocycles. The molecule has 4 nitrogen and oxygen atoms in total. The van der Waals surface area contributed by atoms with Crippen LogP contribution in [-0.2, 0) is 13.2 Å². The van der Waals surface area contributed by atoms with Crippen molar-refractivity contribution in [1.29, 1.82) is 0 Å². The second-order valence-electron chi connectivity index (χ2n) is 6.07. The van der Waals surface area contributed by atoms with Crippen LogP contribution in [-0.4, -0.2) is 33.4 Å². The first-order valence-electron chi connectivity index (χ1n) is 7.80. The topological polar surface area (TPSA) is 38.1 Å². The number of benzene rings is 1. The monoisotopic (exact) mass is 337 g/mol. The van der Waals surface area contributed by atoms with Crippen molar-refractivity contribution in [1.82, 2.24) is 14.5 Å². The molecule has 0 bridgehead atoms. The third-order valence-corrected chi connectivity index (χ3v) is 4.37. The molecule has 1 aliphatic heterocycles. The highest BCUT2D eigenvalue weighted by molar-refractivity contribution is 5.94. The molecule has 1 fully saturated rings. The molecule has 0 aliphatic carbocycles. The van der Waals surface area contributed by atoms with Crippen molar-refractivity contribution in [3.05, 3.63) is 53.6 Å². The molecule has 128 valence electrons. The summed E-state index contributed by atoms with van der Waals surface area (Å²) in [6, 6.07) is 4.61. The number of likely N-dealkylation sites (tertiary alicyclic amines) is 1. The third-order valence-electron chi connectivity index (χ3n) is 4.37. The molecule has 1 unspecified atom stereocenters. The van der Waals surface area contributed by atoms with E-state index in [2.05, 4.69) is 4.98 Å². The van der Waals surface area contributed by atoms with E-state index in [9.17, 15) is 18.0 Å². The van der Waals surface area contributed by atoms with Gasteiger partial charge in [-0.15, -0.1) is 0 Å². The predicted octanol–water partition coefficient (Wildman–Crippen LogP) is 3.46. The van der Waals surface area contributed by atoms with E-state index in [0.29, 0.717) is 13.1 Å². The third kappa shape index (κ3) is 3.29. The van der Waals surface area contributed by atoms with Crippen LogP contribution in [0, 0.1) is 0 Å². The Labute approximate surface area is 137 Å². The molecular formula is C17H18F3N3O. The lowest BCUT2D eigenvalue weighted by Gasteiger charge is -2.32. The molecule has 7 heteroatoms. The highest BCUT2D eigenvalue weighted by Crippen LogP contribution is 2.31. The lowest BCUT2D eigenvalue weighted by Crippen LogP contribution is -2.39. The van der Waals surface area contributed by atoms with Gasteiger partial charge in [0.15, 0.2) is 0 Å². The Morgan fingerprint density at radius 1 is 1.33 bits per heavy atom. The van der Waals surface area contributed by atoms with Crippen molar-refractivity contribution in [2.45, 2.75) is 24.9 Å². The predicted molar refractivity (Wildman–Crippen MR) is 82.5 cm³/mol. The van der Waals surface area contributed by atoms with Crippen molar-refractivity contribution in [3.63, 3.8) is 0 Å². The summed E-state index contributed by atoms with van der Waals surface area (Å²) >= 11 is 0. The van der Waals surface area contributed by atoms with Crippen molar-refractivity contribution in [2.75, 3.05) is 13.1 Å². The van der Waals surface area contributed by atoms with E-state index in [1.807, 2.05) is 17.8 Å². The molecule has 24 heavy (non-hydrogen) atoms. The number of aryl methyl sites for hydroxylation is 1. The average Bonchev–Trinajstić information content (AvgIpc) is 3.00. The number of aromatic nitrogens is 2. The van der Waals surface area contributed by atoms with Crippen LogP contribution in [0.1, 0.15) is 40.5 Å². The number of alkyl halides is 3. The molecule has 3 rings (SSSR count). The van der Waals surface area contributed by atoms with Gasteiger partial charge in [-0.1, -0.05) is 6.07 Å². The molecule has 1 aromatic heterocycles. The molecule has 2 aromatic rings. The summed E-state index contributed by atoms with van der Waals surface area (Å²) in [5.74, 6) is 0.644. The molecule has 2 heterocycles. The summed E-state index contributed by atoms with van der Waals surface area (Å²) in [5, 5.41) is 0. The molecule has 1 aliphatic rings. The van der Waals surface area contributed by atoms with Crippen molar-refractivity contribution in [3.8, 4) is 0 Å². The number of piperidine rings is 1. The normalized spacial score (nSPS) is 18.7. The number of hydrogen-bond donors (Lipinski definition) is 0.